The highest BCUT2D eigenvalue weighted by atomic mass is 16.5. The average molecular weight is 262 g/mol. The van der Waals surface area contributed by atoms with Crippen LogP contribution in [0.25, 0.3) is 0 Å². The summed E-state index contributed by atoms with van der Waals surface area (Å²) in [6.45, 7) is 5.20. The molecule has 1 aliphatic heterocycles. The van der Waals surface area contributed by atoms with Crippen molar-refractivity contribution in [1.29, 1.82) is 0 Å². The zero-order valence-corrected chi connectivity index (χ0v) is 12.1. The van der Waals surface area contributed by atoms with E-state index in [2.05, 4.69) is 37.5 Å². The predicted molar refractivity (Wildman–Crippen MR) is 78.8 cm³/mol. The van der Waals surface area contributed by atoms with E-state index in [0.717, 1.165) is 19.4 Å². The number of hydrogen-bond donors (Lipinski definition) is 2. The van der Waals surface area contributed by atoms with E-state index in [9.17, 15) is 0 Å². The zero-order chi connectivity index (χ0) is 13.7. The van der Waals surface area contributed by atoms with Crippen molar-refractivity contribution in [2.45, 2.75) is 58.1 Å². The number of nitrogens with two attached hydrogens (primary N) is 1. The second kappa shape index (κ2) is 7.04. The van der Waals surface area contributed by atoms with Gasteiger partial charge in [0.15, 0.2) is 0 Å². The predicted octanol–water partition coefficient (Wildman–Crippen LogP) is 3.16. The standard InChI is InChI=1S/C16H26N2O/c1-12-6-7-13(2)15(11-12)16(18-17)9-8-14-5-3-4-10-19-14/h6-7,11,14,16,18H,3-5,8-10,17H2,1-2H3. The van der Waals surface area contributed by atoms with Gasteiger partial charge in [0.1, 0.15) is 0 Å². The quantitative estimate of drug-likeness (QED) is 0.633. The lowest BCUT2D eigenvalue weighted by molar-refractivity contribution is 0.00853. The van der Waals surface area contributed by atoms with Crippen LogP contribution in [0.15, 0.2) is 18.2 Å². The number of ether oxygens (including phenoxy) is 1. The molecule has 1 saturated heterocycles. The topological polar surface area (TPSA) is 47.3 Å². The molecule has 0 aliphatic carbocycles. The Morgan fingerprint density at radius 3 is 2.89 bits per heavy atom. The van der Waals surface area contributed by atoms with E-state index >= 15 is 0 Å². The molecular formula is C16H26N2O. The molecule has 2 unspecified atom stereocenters. The Bertz CT molecular complexity index is 400. The van der Waals surface area contributed by atoms with Crippen LogP contribution in [0.4, 0.5) is 0 Å². The van der Waals surface area contributed by atoms with Gasteiger partial charge in [-0.2, -0.15) is 0 Å². The molecule has 0 radical (unpaired) electrons. The van der Waals surface area contributed by atoms with Gasteiger partial charge in [0, 0.05) is 12.6 Å². The fourth-order valence-corrected chi connectivity index (χ4v) is 2.85. The molecule has 1 aromatic rings. The first kappa shape index (κ1) is 14.5. The fourth-order valence-electron chi connectivity index (χ4n) is 2.85. The minimum atomic E-state index is 0.227. The second-order valence-electron chi connectivity index (χ2n) is 5.65. The largest absolute Gasteiger partial charge is 0.378 e. The first-order valence-electron chi connectivity index (χ1n) is 7.35. The van der Waals surface area contributed by atoms with E-state index < -0.39 is 0 Å². The molecule has 1 aliphatic rings. The smallest absolute Gasteiger partial charge is 0.0575 e. The molecule has 1 aromatic carbocycles. The van der Waals surface area contributed by atoms with Gasteiger partial charge in [-0.1, -0.05) is 23.8 Å². The van der Waals surface area contributed by atoms with Crippen molar-refractivity contribution in [2.75, 3.05) is 6.61 Å². The third-order valence-corrected chi connectivity index (χ3v) is 4.06. The maximum atomic E-state index is 5.79. The SMILES string of the molecule is Cc1ccc(C)c(C(CCC2CCCCO2)NN)c1. The maximum absolute atomic E-state index is 5.79. The van der Waals surface area contributed by atoms with Gasteiger partial charge in [-0.05, 0) is 57.1 Å². The number of rotatable bonds is 5. The van der Waals surface area contributed by atoms with Crippen LogP contribution in [0.2, 0.25) is 0 Å². The molecular weight excluding hydrogens is 236 g/mol. The zero-order valence-electron chi connectivity index (χ0n) is 12.1. The van der Waals surface area contributed by atoms with Gasteiger partial charge in [-0.25, -0.2) is 0 Å². The monoisotopic (exact) mass is 262 g/mol. The van der Waals surface area contributed by atoms with Crippen LogP contribution in [0.5, 0.6) is 0 Å². The molecule has 0 aromatic heterocycles. The van der Waals surface area contributed by atoms with E-state index in [0.29, 0.717) is 6.10 Å². The van der Waals surface area contributed by atoms with Crippen LogP contribution in [0.1, 0.15) is 54.8 Å². The molecule has 3 nitrogen and oxygen atoms in total. The Kier molecular flexibility index (Phi) is 5.37. The van der Waals surface area contributed by atoms with E-state index in [1.165, 1.54) is 36.0 Å². The summed E-state index contributed by atoms with van der Waals surface area (Å²) in [4.78, 5) is 0. The van der Waals surface area contributed by atoms with Gasteiger partial charge >= 0.3 is 0 Å². The molecule has 0 amide bonds. The van der Waals surface area contributed by atoms with Crippen molar-refractivity contribution in [1.82, 2.24) is 5.43 Å². The fraction of sp³-hybridized carbons (Fsp3) is 0.625. The summed E-state index contributed by atoms with van der Waals surface area (Å²) in [6, 6.07) is 6.79. The molecule has 0 bridgehead atoms. The van der Waals surface area contributed by atoms with Crippen molar-refractivity contribution < 1.29 is 4.74 Å². The molecule has 0 saturated carbocycles. The van der Waals surface area contributed by atoms with E-state index in [4.69, 9.17) is 10.6 Å². The highest BCUT2D eigenvalue weighted by molar-refractivity contribution is 5.32. The van der Waals surface area contributed by atoms with Crippen molar-refractivity contribution in [3.8, 4) is 0 Å². The Balaban J connectivity index is 1.97. The third kappa shape index (κ3) is 4.03. The van der Waals surface area contributed by atoms with Crippen LogP contribution in [-0.2, 0) is 4.74 Å². The van der Waals surface area contributed by atoms with Gasteiger partial charge in [0.25, 0.3) is 0 Å². The summed E-state index contributed by atoms with van der Waals surface area (Å²) < 4.78 is 5.79. The number of benzene rings is 1. The summed E-state index contributed by atoms with van der Waals surface area (Å²) in [5, 5.41) is 0. The molecule has 2 atom stereocenters. The minimum absolute atomic E-state index is 0.227. The lowest BCUT2D eigenvalue weighted by Gasteiger charge is -2.25. The van der Waals surface area contributed by atoms with Crippen molar-refractivity contribution in [2.24, 2.45) is 5.84 Å². The van der Waals surface area contributed by atoms with Crippen LogP contribution in [0.3, 0.4) is 0 Å². The van der Waals surface area contributed by atoms with Crippen LogP contribution in [-0.4, -0.2) is 12.7 Å². The lowest BCUT2D eigenvalue weighted by Crippen LogP contribution is -2.30. The summed E-state index contributed by atoms with van der Waals surface area (Å²) in [7, 11) is 0. The van der Waals surface area contributed by atoms with Gasteiger partial charge in [0.2, 0.25) is 0 Å². The summed E-state index contributed by atoms with van der Waals surface area (Å²) in [5.41, 5.74) is 6.88. The molecule has 3 N–H and O–H groups in total. The second-order valence-corrected chi connectivity index (χ2v) is 5.65. The summed E-state index contributed by atoms with van der Waals surface area (Å²) >= 11 is 0. The Morgan fingerprint density at radius 1 is 1.37 bits per heavy atom. The molecule has 0 spiro atoms. The lowest BCUT2D eigenvalue weighted by atomic mass is 9.94. The highest BCUT2D eigenvalue weighted by Gasteiger charge is 2.18. The molecule has 2 rings (SSSR count). The molecule has 1 heterocycles. The molecule has 19 heavy (non-hydrogen) atoms. The van der Waals surface area contributed by atoms with Crippen molar-refractivity contribution in [3.05, 3.63) is 34.9 Å². The molecule has 1 fully saturated rings. The van der Waals surface area contributed by atoms with Gasteiger partial charge in [0.05, 0.1) is 6.10 Å². The van der Waals surface area contributed by atoms with E-state index in [1.54, 1.807) is 0 Å². The van der Waals surface area contributed by atoms with Crippen molar-refractivity contribution >= 4 is 0 Å². The normalized spacial score (nSPS) is 21.3. The first-order chi connectivity index (χ1) is 9.20. The Labute approximate surface area is 116 Å². The molecule has 106 valence electrons. The summed E-state index contributed by atoms with van der Waals surface area (Å²) in [5.74, 6) is 5.75. The van der Waals surface area contributed by atoms with Gasteiger partial charge in [-0.3, -0.25) is 11.3 Å². The average Bonchev–Trinajstić information content (AvgIpc) is 2.44. The Morgan fingerprint density at radius 2 is 2.21 bits per heavy atom. The van der Waals surface area contributed by atoms with Crippen molar-refractivity contribution in [3.63, 3.8) is 0 Å². The number of hydrogen-bond acceptors (Lipinski definition) is 3. The van der Waals surface area contributed by atoms with Gasteiger partial charge in [-0.15, -0.1) is 0 Å². The van der Waals surface area contributed by atoms with Crippen LogP contribution >= 0.6 is 0 Å². The van der Waals surface area contributed by atoms with E-state index in [1.807, 2.05) is 0 Å². The number of nitrogens with one attached hydrogen (secondary N) is 1. The minimum Gasteiger partial charge on any atom is -0.378 e. The first-order valence-corrected chi connectivity index (χ1v) is 7.35. The number of aryl methyl sites for hydroxylation is 2. The van der Waals surface area contributed by atoms with Crippen LogP contribution < -0.4 is 11.3 Å². The summed E-state index contributed by atoms with van der Waals surface area (Å²) in [6.07, 6.45) is 6.26. The molecule has 3 heteroatoms. The Hall–Kier alpha value is -0.900. The third-order valence-electron chi connectivity index (χ3n) is 4.06. The van der Waals surface area contributed by atoms with Gasteiger partial charge < -0.3 is 4.74 Å². The number of hydrazine groups is 1. The van der Waals surface area contributed by atoms with Crippen LogP contribution in [0, 0.1) is 13.8 Å². The maximum Gasteiger partial charge on any atom is 0.0575 e. The van der Waals surface area contributed by atoms with E-state index in [-0.39, 0.29) is 6.04 Å². The highest BCUT2D eigenvalue weighted by Crippen LogP contribution is 2.26.